The van der Waals surface area contributed by atoms with E-state index in [9.17, 15) is 0 Å². The molecule has 5 heteroatoms. The van der Waals surface area contributed by atoms with Gasteiger partial charge < -0.3 is 16.2 Å². The molecular weight excluding hydrogens is 204 g/mol. The van der Waals surface area contributed by atoms with Crippen LogP contribution in [0.25, 0.3) is 0 Å². The van der Waals surface area contributed by atoms with E-state index in [1.165, 1.54) is 6.21 Å². The van der Waals surface area contributed by atoms with Crippen LogP contribution in [0.4, 0.5) is 0 Å². The van der Waals surface area contributed by atoms with Gasteiger partial charge >= 0.3 is 0 Å². The second-order valence-electron chi connectivity index (χ2n) is 2.83. The summed E-state index contributed by atoms with van der Waals surface area (Å²) in [6, 6.07) is 7.21. The maximum absolute atomic E-state index is 5.20. The van der Waals surface area contributed by atoms with Gasteiger partial charge in [-0.15, -0.1) is 11.5 Å². The minimum Gasteiger partial charge on any atom is -0.481 e. The maximum atomic E-state index is 5.20. The third kappa shape index (κ3) is 4.15. The molecule has 5 nitrogen and oxygen atoms in total. The van der Waals surface area contributed by atoms with Crippen molar-refractivity contribution in [2.75, 3.05) is 6.61 Å². The van der Waals surface area contributed by atoms with Gasteiger partial charge in [0.2, 0.25) is 5.96 Å². The molecule has 1 aromatic rings. The molecule has 16 heavy (non-hydrogen) atoms. The minimum absolute atomic E-state index is 0.0785. The summed E-state index contributed by atoms with van der Waals surface area (Å²) >= 11 is 0. The van der Waals surface area contributed by atoms with E-state index in [-0.39, 0.29) is 12.6 Å². The third-order valence-corrected chi connectivity index (χ3v) is 1.58. The maximum Gasteiger partial charge on any atom is 0.211 e. The predicted molar refractivity (Wildman–Crippen MR) is 64.2 cm³/mol. The molecule has 0 aliphatic carbocycles. The quantitative estimate of drug-likeness (QED) is 0.328. The van der Waals surface area contributed by atoms with E-state index >= 15 is 0 Å². The van der Waals surface area contributed by atoms with Gasteiger partial charge in [-0.1, -0.05) is 5.92 Å². The lowest BCUT2D eigenvalue weighted by Gasteiger charge is -2.01. The number of benzene rings is 1. The lowest BCUT2D eigenvalue weighted by atomic mass is 10.2. The van der Waals surface area contributed by atoms with Gasteiger partial charge in [0, 0.05) is 0 Å². The molecule has 0 saturated carbocycles. The Bertz CT molecular complexity index is 424. The fourth-order valence-corrected chi connectivity index (χ4v) is 0.937. The average molecular weight is 216 g/mol. The smallest absolute Gasteiger partial charge is 0.211 e. The molecule has 82 valence electrons. The topological polar surface area (TPSA) is 86.0 Å². The number of nitrogens with zero attached hydrogens (tertiary/aromatic N) is 2. The highest BCUT2D eigenvalue weighted by molar-refractivity contribution is 5.81. The van der Waals surface area contributed by atoms with Crippen LogP contribution in [0, 0.1) is 12.3 Å². The molecule has 0 radical (unpaired) electrons. The Kier molecular flexibility index (Phi) is 4.41. The Morgan fingerprint density at radius 3 is 2.62 bits per heavy atom. The average Bonchev–Trinajstić information content (AvgIpc) is 2.27. The molecule has 0 aliphatic heterocycles. The number of guanidine groups is 1. The fourth-order valence-electron chi connectivity index (χ4n) is 0.937. The van der Waals surface area contributed by atoms with Crippen molar-refractivity contribution in [3.8, 4) is 18.1 Å². The largest absolute Gasteiger partial charge is 0.481 e. The van der Waals surface area contributed by atoms with E-state index in [1.54, 1.807) is 12.1 Å². The Balaban J connectivity index is 2.61. The molecule has 0 unspecified atom stereocenters. The van der Waals surface area contributed by atoms with Gasteiger partial charge in [-0.05, 0) is 29.8 Å². The molecule has 0 saturated heterocycles. The van der Waals surface area contributed by atoms with E-state index < -0.39 is 0 Å². The summed E-state index contributed by atoms with van der Waals surface area (Å²) in [5.41, 5.74) is 11.1. The molecule has 1 aromatic carbocycles. The Hall–Kier alpha value is -2.48. The molecule has 0 aliphatic rings. The van der Waals surface area contributed by atoms with E-state index in [1.807, 2.05) is 12.1 Å². The van der Waals surface area contributed by atoms with Crippen LogP contribution in [0.5, 0.6) is 5.75 Å². The lowest BCUT2D eigenvalue weighted by molar-refractivity contribution is 0.370. The Morgan fingerprint density at radius 2 is 2.06 bits per heavy atom. The molecule has 0 aromatic heterocycles. The van der Waals surface area contributed by atoms with Crippen molar-refractivity contribution >= 4 is 12.2 Å². The molecule has 4 N–H and O–H groups in total. The summed E-state index contributed by atoms with van der Waals surface area (Å²) in [4.78, 5) is 0. The highest BCUT2D eigenvalue weighted by atomic mass is 16.5. The van der Waals surface area contributed by atoms with Crippen molar-refractivity contribution in [1.82, 2.24) is 0 Å². The monoisotopic (exact) mass is 216 g/mol. The van der Waals surface area contributed by atoms with Crippen molar-refractivity contribution in [2.45, 2.75) is 0 Å². The zero-order chi connectivity index (χ0) is 11.8. The van der Waals surface area contributed by atoms with Crippen LogP contribution in [0.15, 0.2) is 34.5 Å². The van der Waals surface area contributed by atoms with E-state index in [0.29, 0.717) is 5.75 Å². The first-order chi connectivity index (χ1) is 7.72. The third-order valence-electron chi connectivity index (χ3n) is 1.58. The summed E-state index contributed by atoms with van der Waals surface area (Å²) in [7, 11) is 0. The van der Waals surface area contributed by atoms with Gasteiger partial charge in [-0.3, -0.25) is 0 Å². The predicted octanol–water partition coefficient (Wildman–Crippen LogP) is 0.306. The second-order valence-corrected chi connectivity index (χ2v) is 2.83. The number of rotatable bonds is 4. The summed E-state index contributed by atoms with van der Waals surface area (Å²) in [5, 5.41) is 7.15. The molecule has 0 heterocycles. The minimum atomic E-state index is -0.0785. The van der Waals surface area contributed by atoms with E-state index in [2.05, 4.69) is 16.1 Å². The molecule has 0 spiro atoms. The first-order valence-electron chi connectivity index (χ1n) is 4.50. The molecule has 0 amide bonds. The molecule has 0 atom stereocenters. The van der Waals surface area contributed by atoms with Crippen molar-refractivity contribution in [3.63, 3.8) is 0 Å². The summed E-state index contributed by atoms with van der Waals surface area (Å²) in [6.07, 6.45) is 6.60. The molecular formula is C11H12N4O. The standard InChI is InChI=1S/C11H12N4O/c1-2-7-16-10-5-3-9(4-6-10)8-14-15-11(12)13/h1,3-6,8H,7H2,(H4,12,13,15)/b14-8+. The van der Waals surface area contributed by atoms with Crippen LogP contribution in [-0.2, 0) is 0 Å². The highest BCUT2D eigenvalue weighted by Crippen LogP contribution is 2.10. The first-order valence-corrected chi connectivity index (χ1v) is 4.50. The summed E-state index contributed by atoms with van der Waals surface area (Å²) < 4.78 is 5.20. The van der Waals surface area contributed by atoms with Gasteiger partial charge in [0.05, 0.1) is 6.21 Å². The molecule has 0 fully saturated rings. The zero-order valence-electron chi connectivity index (χ0n) is 8.63. The van der Waals surface area contributed by atoms with Crippen LogP contribution in [0.2, 0.25) is 0 Å². The van der Waals surface area contributed by atoms with Crippen LogP contribution < -0.4 is 16.2 Å². The molecule has 0 bridgehead atoms. The number of terminal acetylenes is 1. The van der Waals surface area contributed by atoms with Crippen molar-refractivity contribution in [2.24, 2.45) is 21.7 Å². The Labute approximate surface area is 93.8 Å². The normalized spacial score (nSPS) is 9.69. The Morgan fingerprint density at radius 1 is 1.38 bits per heavy atom. The fraction of sp³-hybridized carbons (Fsp3) is 0.0909. The number of ether oxygens (including phenoxy) is 1. The number of nitrogens with two attached hydrogens (primary N) is 2. The lowest BCUT2D eigenvalue weighted by Crippen LogP contribution is -2.21. The van der Waals surface area contributed by atoms with Gasteiger partial charge in [0.25, 0.3) is 0 Å². The van der Waals surface area contributed by atoms with Gasteiger partial charge in [-0.25, -0.2) is 0 Å². The van der Waals surface area contributed by atoms with Gasteiger partial charge in [-0.2, -0.15) is 5.10 Å². The van der Waals surface area contributed by atoms with Crippen LogP contribution in [-0.4, -0.2) is 18.8 Å². The van der Waals surface area contributed by atoms with Crippen molar-refractivity contribution in [3.05, 3.63) is 29.8 Å². The first kappa shape index (κ1) is 11.6. The number of hydrogen-bond donors (Lipinski definition) is 2. The van der Waals surface area contributed by atoms with Crippen LogP contribution in [0.1, 0.15) is 5.56 Å². The van der Waals surface area contributed by atoms with Crippen molar-refractivity contribution in [1.29, 1.82) is 0 Å². The number of hydrogen-bond acceptors (Lipinski definition) is 3. The summed E-state index contributed by atoms with van der Waals surface area (Å²) in [5.74, 6) is 3.01. The molecule has 1 rings (SSSR count). The summed E-state index contributed by atoms with van der Waals surface area (Å²) in [6.45, 7) is 0.251. The zero-order valence-corrected chi connectivity index (χ0v) is 8.63. The highest BCUT2D eigenvalue weighted by Gasteiger charge is 1.92. The van der Waals surface area contributed by atoms with Crippen LogP contribution >= 0.6 is 0 Å². The van der Waals surface area contributed by atoms with Gasteiger partial charge in [0.15, 0.2) is 0 Å². The van der Waals surface area contributed by atoms with Crippen LogP contribution in [0.3, 0.4) is 0 Å². The van der Waals surface area contributed by atoms with E-state index in [0.717, 1.165) is 5.56 Å². The SMILES string of the molecule is C#CCOc1ccc(/C=N/N=C(N)N)cc1. The van der Waals surface area contributed by atoms with Gasteiger partial charge in [0.1, 0.15) is 12.4 Å². The second kappa shape index (κ2) is 6.09. The van der Waals surface area contributed by atoms with E-state index in [4.69, 9.17) is 22.6 Å². The van der Waals surface area contributed by atoms with Crippen molar-refractivity contribution < 1.29 is 4.74 Å².